The van der Waals surface area contributed by atoms with E-state index < -0.39 is 5.97 Å². The zero-order chi connectivity index (χ0) is 13.2. The number of carbonyl (C=O) groups is 1. The lowest BCUT2D eigenvalue weighted by Gasteiger charge is -2.06. The first-order chi connectivity index (χ1) is 9.24. The summed E-state index contributed by atoms with van der Waals surface area (Å²) < 4.78 is 0.947. The van der Waals surface area contributed by atoms with Gasteiger partial charge >= 0.3 is 5.97 Å². The van der Waals surface area contributed by atoms with Crippen molar-refractivity contribution in [2.75, 3.05) is 5.32 Å². The maximum atomic E-state index is 10.9. The standard InChI is InChI=1S/C13H9N3O2S/c17-13(18)8-2-1-3-9(6-8)16-12-11-10(4-5-19-11)14-7-15-12/h1-7H,(H,17,18)(H,14,15,16). The maximum absolute atomic E-state index is 10.9. The second-order valence-electron chi connectivity index (χ2n) is 3.87. The lowest BCUT2D eigenvalue weighted by Crippen LogP contribution is -1.99. The van der Waals surface area contributed by atoms with Crippen molar-refractivity contribution in [3.8, 4) is 0 Å². The zero-order valence-corrected chi connectivity index (χ0v) is 10.5. The molecule has 0 bridgehead atoms. The first kappa shape index (κ1) is 11.6. The summed E-state index contributed by atoms with van der Waals surface area (Å²) >= 11 is 1.54. The predicted molar refractivity (Wildman–Crippen MR) is 74.1 cm³/mol. The minimum atomic E-state index is -0.951. The Bertz CT molecular complexity index is 754. The molecule has 0 spiro atoms. The smallest absolute Gasteiger partial charge is 0.335 e. The van der Waals surface area contributed by atoms with Gasteiger partial charge in [0.1, 0.15) is 6.33 Å². The number of fused-ring (bicyclic) bond motifs is 1. The van der Waals surface area contributed by atoms with Crippen LogP contribution in [0.15, 0.2) is 42.0 Å². The van der Waals surface area contributed by atoms with E-state index in [1.165, 1.54) is 17.7 Å². The Morgan fingerprint density at radius 2 is 2.16 bits per heavy atom. The van der Waals surface area contributed by atoms with Crippen LogP contribution in [0, 0.1) is 0 Å². The molecule has 0 amide bonds. The molecule has 1 aromatic carbocycles. The number of hydrogen-bond acceptors (Lipinski definition) is 5. The highest BCUT2D eigenvalue weighted by Gasteiger charge is 2.07. The molecule has 5 nitrogen and oxygen atoms in total. The Kier molecular flexibility index (Phi) is 2.85. The molecule has 0 aliphatic rings. The van der Waals surface area contributed by atoms with Crippen molar-refractivity contribution < 1.29 is 9.90 Å². The van der Waals surface area contributed by atoms with Gasteiger partial charge in [0.05, 0.1) is 15.8 Å². The van der Waals surface area contributed by atoms with Crippen LogP contribution in [0.1, 0.15) is 10.4 Å². The van der Waals surface area contributed by atoms with Crippen molar-refractivity contribution in [1.29, 1.82) is 0 Å². The van der Waals surface area contributed by atoms with Gasteiger partial charge in [0.25, 0.3) is 0 Å². The first-order valence-electron chi connectivity index (χ1n) is 5.52. The largest absolute Gasteiger partial charge is 0.478 e. The van der Waals surface area contributed by atoms with Crippen LogP contribution < -0.4 is 5.32 Å². The Labute approximate surface area is 112 Å². The van der Waals surface area contributed by atoms with E-state index in [9.17, 15) is 4.79 Å². The summed E-state index contributed by atoms with van der Waals surface area (Å²) in [5, 5.41) is 14.0. The van der Waals surface area contributed by atoms with Gasteiger partial charge in [-0.05, 0) is 29.6 Å². The van der Waals surface area contributed by atoms with Crippen molar-refractivity contribution in [3.05, 3.63) is 47.6 Å². The molecule has 0 aliphatic carbocycles. The molecule has 0 saturated carbocycles. The molecule has 2 N–H and O–H groups in total. The average molecular weight is 271 g/mol. The fourth-order valence-corrected chi connectivity index (χ4v) is 2.53. The van der Waals surface area contributed by atoms with E-state index in [2.05, 4.69) is 15.3 Å². The van der Waals surface area contributed by atoms with Crippen LogP contribution in [-0.4, -0.2) is 21.0 Å². The minimum absolute atomic E-state index is 0.237. The molecule has 19 heavy (non-hydrogen) atoms. The Hall–Kier alpha value is -2.47. The van der Waals surface area contributed by atoms with Gasteiger partial charge in [0.15, 0.2) is 5.82 Å². The molecule has 0 fully saturated rings. The fourth-order valence-electron chi connectivity index (χ4n) is 1.74. The van der Waals surface area contributed by atoms with E-state index in [0.29, 0.717) is 11.5 Å². The Morgan fingerprint density at radius 3 is 3.00 bits per heavy atom. The van der Waals surface area contributed by atoms with Crippen molar-refractivity contribution in [2.45, 2.75) is 0 Å². The number of aromatic nitrogens is 2. The number of thiophene rings is 1. The molecule has 94 valence electrons. The molecule has 0 atom stereocenters. The molecule has 6 heteroatoms. The number of nitrogens with one attached hydrogen (secondary N) is 1. The number of carboxylic acid groups (broad SMARTS) is 1. The Morgan fingerprint density at radius 1 is 1.26 bits per heavy atom. The number of benzene rings is 1. The number of anilines is 2. The monoisotopic (exact) mass is 271 g/mol. The Balaban J connectivity index is 1.99. The van der Waals surface area contributed by atoms with E-state index >= 15 is 0 Å². The number of carboxylic acids is 1. The molecule has 0 saturated heterocycles. The van der Waals surface area contributed by atoms with E-state index in [4.69, 9.17) is 5.11 Å². The molecule has 0 aliphatic heterocycles. The number of rotatable bonds is 3. The summed E-state index contributed by atoms with van der Waals surface area (Å²) in [6, 6.07) is 8.53. The summed E-state index contributed by atoms with van der Waals surface area (Å²) in [7, 11) is 0. The number of nitrogens with zero attached hydrogens (tertiary/aromatic N) is 2. The van der Waals surface area contributed by atoms with Crippen molar-refractivity contribution in [2.24, 2.45) is 0 Å². The van der Waals surface area contributed by atoms with E-state index in [1.54, 1.807) is 24.3 Å². The molecule has 0 unspecified atom stereocenters. The SMILES string of the molecule is O=C(O)c1cccc(Nc2ncnc3ccsc23)c1. The van der Waals surface area contributed by atoms with Crippen LogP contribution in [0.3, 0.4) is 0 Å². The highest BCUT2D eigenvalue weighted by Crippen LogP contribution is 2.27. The number of hydrogen-bond donors (Lipinski definition) is 2. The molecule has 2 heterocycles. The van der Waals surface area contributed by atoms with Crippen LogP contribution in [0.25, 0.3) is 10.2 Å². The van der Waals surface area contributed by atoms with E-state index in [0.717, 1.165) is 10.2 Å². The van der Waals surface area contributed by atoms with E-state index in [1.807, 2.05) is 11.4 Å². The third-order valence-electron chi connectivity index (χ3n) is 2.62. The molecule has 3 rings (SSSR count). The van der Waals surface area contributed by atoms with Crippen LogP contribution in [0.2, 0.25) is 0 Å². The molecule has 3 aromatic rings. The topological polar surface area (TPSA) is 75.1 Å². The zero-order valence-electron chi connectivity index (χ0n) is 9.70. The molecular formula is C13H9N3O2S. The summed E-state index contributed by atoms with van der Waals surface area (Å²) in [5.41, 5.74) is 1.80. The lowest BCUT2D eigenvalue weighted by atomic mass is 10.2. The molecular weight excluding hydrogens is 262 g/mol. The van der Waals surface area contributed by atoms with Gasteiger partial charge in [0, 0.05) is 5.69 Å². The average Bonchev–Trinajstić information content (AvgIpc) is 2.88. The van der Waals surface area contributed by atoms with Gasteiger partial charge in [-0.2, -0.15) is 0 Å². The minimum Gasteiger partial charge on any atom is -0.478 e. The highest BCUT2D eigenvalue weighted by molar-refractivity contribution is 7.17. The third-order valence-corrected chi connectivity index (χ3v) is 3.53. The fraction of sp³-hybridized carbons (Fsp3) is 0. The van der Waals surface area contributed by atoms with E-state index in [-0.39, 0.29) is 5.56 Å². The van der Waals surface area contributed by atoms with Gasteiger partial charge in [-0.15, -0.1) is 11.3 Å². The summed E-state index contributed by atoms with van der Waals surface area (Å²) in [6.45, 7) is 0. The number of aromatic carboxylic acids is 1. The van der Waals surface area contributed by atoms with Crippen molar-refractivity contribution in [1.82, 2.24) is 9.97 Å². The first-order valence-corrected chi connectivity index (χ1v) is 6.40. The predicted octanol–water partition coefficient (Wildman–Crippen LogP) is 3.13. The second kappa shape index (κ2) is 4.66. The highest BCUT2D eigenvalue weighted by atomic mass is 32.1. The maximum Gasteiger partial charge on any atom is 0.335 e. The van der Waals surface area contributed by atoms with Crippen LogP contribution >= 0.6 is 11.3 Å². The van der Waals surface area contributed by atoms with Crippen LogP contribution in [0.4, 0.5) is 11.5 Å². The van der Waals surface area contributed by atoms with Gasteiger partial charge < -0.3 is 10.4 Å². The molecule has 0 radical (unpaired) electrons. The molecule has 2 aromatic heterocycles. The summed E-state index contributed by atoms with van der Waals surface area (Å²) in [5.74, 6) is -0.268. The van der Waals surface area contributed by atoms with Gasteiger partial charge in [-0.25, -0.2) is 14.8 Å². The third kappa shape index (κ3) is 2.25. The van der Waals surface area contributed by atoms with Gasteiger partial charge in [-0.1, -0.05) is 6.07 Å². The van der Waals surface area contributed by atoms with Crippen LogP contribution in [0.5, 0.6) is 0 Å². The van der Waals surface area contributed by atoms with Gasteiger partial charge in [-0.3, -0.25) is 0 Å². The summed E-state index contributed by atoms with van der Waals surface area (Å²) in [6.07, 6.45) is 1.48. The van der Waals surface area contributed by atoms with Crippen molar-refractivity contribution in [3.63, 3.8) is 0 Å². The lowest BCUT2D eigenvalue weighted by molar-refractivity contribution is 0.0697. The second-order valence-corrected chi connectivity index (χ2v) is 4.78. The van der Waals surface area contributed by atoms with Crippen molar-refractivity contribution >= 4 is 39.0 Å². The van der Waals surface area contributed by atoms with Gasteiger partial charge in [0.2, 0.25) is 0 Å². The summed E-state index contributed by atoms with van der Waals surface area (Å²) in [4.78, 5) is 19.3. The quantitative estimate of drug-likeness (QED) is 0.765. The normalized spacial score (nSPS) is 10.5. The van der Waals surface area contributed by atoms with Crippen LogP contribution in [-0.2, 0) is 0 Å².